The third-order valence-electron chi connectivity index (χ3n) is 1.84. The quantitative estimate of drug-likeness (QED) is 0.725. The molecule has 0 aliphatic carbocycles. The summed E-state index contributed by atoms with van der Waals surface area (Å²) in [5, 5.41) is 0. The first-order valence-corrected chi connectivity index (χ1v) is 4.89. The summed E-state index contributed by atoms with van der Waals surface area (Å²) in [6, 6.07) is 0.452. The SMILES string of the molecule is CC(C)Oc1ncc(C(C)(C)C)cn1. The minimum Gasteiger partial charge on any atom is -0.461 e. The zero-order chi connectivity index (χ0) is 10.8. The number of hydrogen-bond donors (Lipinski definition) is 0. The molecule has 0 saturated heterocycles. The molecule has 0 bridgehead atoms. The lowest BCUT2D eigenvalue weighted by Gasteiger charge is -2.17. The highest BCUT2D eigenvalue weighted by Gasteiger charge is 2.14. The molecule has 0 aromatic carbocycles. The van der Waals surface area contributed by atoms with Gasteiger partial charge in [-0.2, -0.15) is 0 Å². The first-order valence-electron chi connectivity index (χ1n) is 4.89. The van der Waals surface area contributed by atoms with Crippen molar-refractivity contribution in [3.05, 3.63) is 18.0 Å². The Morgan fingerprint density at radius 1 is 1.14 bits per heavy atom. The summed E-state index contributed by atoms with van der Waals surface area (Å²) in [6.45, 7) is 10.3. The number of nitrogens with zero attached hydrogens (tertiary/aromatic N) is 2. The standard InChI is InChI=1S/C11H18N2O/c1-8(2)14-10-12-6-9(7-13-10)11(3,4)5/h6-8H,1-5H3. The lowest BCUT2D eigenvalue weighted by molar-refractivity contribution is 0.221. The van der Waals surface area contributed by atoms with Crippen LogP contribution in [-0.4, -0.2) is 16.1 Å². The van der Waals surface area contributed by atoms with Crippen molar-refractivity contribution < 1.29 is 4.74 Å². The van der Waals surface area contributed by atoms with Crippen molar-refractivity contribution in [1.82, 2.24) is 9.97 Å². The van der Waals surface area contributed by atoms with E-state index in [-0.39, 0.29) is 11.5 Å². The molecule has 78 valence electrons. The molecular formula is C11H18N2O. The molecule has 0 atom stereocenters. The minimum atomic E-state index is 0.0936. The van der Waals surface area contributed by atoms with Crippen molar-refractivity contribution in [2.45, 2.75) is 46.1 Å². The third kappa shape index (κ3) is 2.98. The zero-order valence-corrected chi connectivity index (χ0v) is 9.53. The van der Waals surface area contributed by atoms with Crippen molar-refractivity contribution in [3.63, 3.8) is 0 Å². The van der Waals surface area contributed by atoms with E-state index in [4.69, 9.17) is 4.74 Å². The topological polar surface area (TPSA) is 35.0 Å². The van der Waals surface area contributed by atoms with E-state index in [1.54, 1.807) is 0 Å². The lowest BCUT2D eigenvalue weighted by atomic mass is 9.89. The Morgan fingerprint density at radius 3 is 2.00 bits per heavy atom. The first-order chi connectivity index (χ1) is 6.39. The summed E-state index contributed by atoms with van der Waals surface area (Å²) < 4.78 is 5.36. The minimum absolute atomic E-state index is 0.0936. The molecule has 0 unspecified atom stereocenters. The second kappa shape index (κ2) is 3.95. The van der Waals surface area contributed by atoms with Crippen molar-refractivity contribution in [2.75, 3.05) is 0 Å². The van der Waals surface area contributed by atoms with Crippen LogP contribution in [0.15, 0.2) is 12.4 Å². The first kappa shape index (κ1) is 11.0. The van der Waals surface area contributed by atoms with Gasteiger partial charge < -0.3 is 4.74 Å². The Hall–Kier alpha value is -1.12. The summed E-state index contributed by atoms with van der Waals surface area (Å²) in [5.74, 6) is 0. The molecular weight excluding hydrogens is 176 g/mol. The zero-order valence-electron chi connectivity index (χ0n) is 9.53. The van der Waals surface area contributed by atoms with E-state index in [1.807, 2.05) is 26.2 Å². The van der Waals surface area contributed by atoms with Crippen LogP contribution in [-0.2, 0) is 5.41 Å². The van der Waals surface area contributed by atoms with E-state index in [0.29, 0.717) is 6.01 Å². The Morgan fingerprint density at radius 2 is 1.64 bits per heavy atom. The van der Waals surface area contributed by atoms with E-state index in [9.17, 15) is 0 Å². The molecule has 3 heteroatoms. The predicted octanol–water partition coefficient (Wildman–Crippen LogP) is 2.56. The van der Waals surface area contributed by atoms with Crippen LogP contribution in [0.5, 0.6) is 6.01 Å². The molecule has 0 radical (unpaired) electrons. The number of rotatable bonds is 2. The Labute approximate surface area is 85.5 Å². The maximum atomic E-state index is 5.36. The smallest absolute Gasteiger partial charge is 0.316 e. The maximum Gasteiger partial charge on any atom is 0.316 e. The van der Waals surface area contributed by atoms with Gasteiger partial charge in [0.15, 0.2) is 0 Å². The summed E-state index contributed by atoms with van der Waals surface area (Å²) in [7, 11) is 0. The number of ether oxygens (including phenoxy) is 1. The average molecular weight is 194 g/mol. The Balaban J connectivity index is 2.79. The Kier molecular flexibility index (Phi) is 3.09. The summed E-state index contributed by atoms with van der Waals surface area (Å²) in [6.07, 6.45) is 3.77. The Bertz CT molecular complexity index is 285. The molecule has 1 rings (SSSR count). The summed E-state index contributed by atoms with van der Waals surface area (Å²) in [4.78, 5) is 8.30. The molecule has 1 heterocycles. The van der Waals surface area contributed by atoms with Crippen LogP contribution in [0.3, 0.4) is 0 Å². The molecule has 0 amide bonds. The van der Waals surface area contributed by atoms with Crippen LogP contribution in [0.4, 0.5) is 0 Å². The van der Waals surface area contributed by atoms with Crippen LogP contribution >= 0.6 is 0 Å². The average Bonchev–Trinajstić information content (AvgIpc) is 2.02. The van der Waals surface area contributed by atoms with Crippen LogP contribution in [0.2, 0.25) is 0 Å². The molecule has 0 N–H and O–H groups in total. The molecule has 0 aliphatic rings. The van der Waals surface area contributed by atoms with Gasteiger partial charge in [0.05, 0.1) is 6.10 Å². The molecule has 1 aromatic heterocycles. The van der Waals surface area contributed by atoms with E-state index in [2.05, 4.69) is 30.7 Å². The fourth-order valence-electron chi connectivity index (χ4n) is 0.975. The summed E-state index contributed by atoms with van der Waals surface area (Å²) in [5.41, 5.74) is 1.21. The highest BCUT2D eigenvalue weighted by molar-refractivity contribution is 5.16. The van der Waals surface area contributed by atoms with Gasteiger partial charge in [-0.1, -0.05) is 20.8 Å². The van der Waals surface area contributed by atoms with Crippen molar-refractivity contribution in [2.24, 2.45) is 0 Å². The monoisotopic (exact) mass is 194 g/mol. The molecule has 0 fully saturated rings. The van der Waals surface area contributed by atoms with Gasteiger partial charge in [-0.25, -0.2) is 9.97 Å². The second-order valence-corrected chi connectivity index (χ2v) is 4.67. The molecule has 0 spiro atoms. The van der Waals surface area contributed by atoms with Crippen molar-refractivity contribution >= 4 is 0 Å². The fraction of sp³-hybridized carbons (Fsp3) is 0.636. The van der Waals surface area contributed by atoms with Gasteiger partial charge in [-0.3, -0.25) is 0 Å². The van der Waals surface area contributed by atoms with Crippen LogP contribution in [0, 0.1) is 0 Å². The molecule has 3 nitrogen and oxygen atoms in total. The predicted molar refractivity (Wildman–Crippen MR) is 56.5 cm³/mol. The molecule has 14 heavy (non-hydrogen) atoms. The van der Waals surface area contributed by atoms with Gasteiger partial charge in [0.2, 0.25) is 0 Å². The van der Waals surface area contributed by atoms with E-state index in [1.165, 1.54) is 0 Å². The van der Waals surface area contributed by atoms with Gasteiger partial charge in [-0.15, -0.1) is 0 Å². The van der Waals surface area contributed by atoms with Gasteiger partial charge in [0, 0.05) is 12.4 Å². The summed E-state index contributed by atoms with van der Waals surface area (Å²) >= 11 is 0. The highest BCUT2D eigenvalue weighted by Crippen LogP contribution is 2.20. The van der Waals surface area contributed by atoms with Crippen molar-refractivity contribution in [1.29, 1.82) is 0 Å². The van der Waals surface area contributed by atoms with Crippen LogP contribution < -0.4 is 4.74 Å². The number of hydrogen-bond acceptors (Lipinski definition) is 3. The van der Waals surface area contributed by atoms with Gasteiger partial charge >= 0.3 is 6.01 Å². The van der Waals surface area contributed by atoms with E-state index < -0.39 is 0 Å². The van der Waals surface area contributed by atoms with Crippen LogP contribution in [0.25, 0.3) is 0 Å². The third-order valence-corrected chi connectivity index (χ3v) is 1.84. The largest absolute Gasteiger partial charge is 0.461 e. The normalized spacial score (nSPS) is 11.9. The molecule has 1 aromatic rings. The maximum absolute atomic E-state index is 5.36. The van der Waals surface area contributed by atoms with Crippen LogP contribution in [0.1, 0.15) is 40.2 Å². The highest BCUT2D eigenvalue weighted by atomic mass is 16.5. The lowest BCUT2D eigenvalue weighted by Crippen LogP contribution is -2.13. The van der Waals surface area contributed by atoms with Gasteiger partial charge in [0.1, 0.15) is 0 Å². The fourth-order valence-corrected chi connectivity index (χ4v) is 0.975. The molecule has 0 aliphatic heterocycles. The van der Waals surface area contributed by atoms with Gasteiger partial charge in [0.25, 0.3) is 0 Å². The van der Waals surface area contributed by atoms with E-state index >= 15 is 0 Å². The van der Waals surface area contributed by atoms with E-state index in [0.717, 1.165) is 5.56 Å². The molecule has 0 saturated carbocycles. The number of aromatic nitrogens is 2. The van der Waals surface area contributed by atoms with Gasteiger partial charge in [-0.05, 0) is 24.8 Å². The van der Waals surface area contributed by atoms with Crippen molar-refractivity contribution in [3.8, 4) is 6.01 Å². The second-order valence-electron chi connectivity index (χ2n) is 4.67.